The summed E-state index contributed by atoms with van der Waals surface area (Å²) < 4.78 is 26.4. The van der Waals surface area contributed by atoms with Crippen molar-refractivity contribution in [1.29, 1.82) is 0 Å². The Labute approximate surface area is 153 Å². The number of thiophene rings is 1. The highest BCUT2D eigenvalue weighted by Gasteiger charge is 2.19. The number of benzene rings is 1. The van der Waals surface area contributed by atoms with E-state index in [1.807, 2.05) is 18.2 Å². The van der Waals surface area contributed by atoms with Gasteiger partial charge in [-0.3, -0.25) is 9.10 Å². The maximum absolute atomic E-state index is 12.5. The molecule has 3 rings (SSSR count). The first-order valence-electron chi connectivity index (χ1n) is 8.72. The molecule has 0 atom stereocenters. The van der Waals surface area contributed by atoms with E-state index in [4.69, 9.17) is 0 Å². The SMILES string of the molecule is CCS(=O)(=O)N(C)c1ccc2sc(C(=O)NC3CCCCC3)cc2c1. The molecule has 1 saturated carbocycles. The van der Waals surface area contributed by atoms with E-state index in [2.05, 4.69) is 5.32 Å². The van der Waals surface area contributed by atoms with Gasteiger partial charge in [0, 0.05) is 17.8 Å². The Balaban J connectivity index is 1.81. The molecule has 0 bridgehead atoms. The lowest BCUT2D eigenvalue weighted by Crippen LogP contribution is -2.35. The standard InChI is InChI=1S/C18H24N2O3S2/c1-3-25(22,23)20(2)15-9-10-16-13(11-15)12-17(24-16)18(21)19-14-7-5-4-6-8-14/h9-12,14H,3-8H2,1-2H3,(H,19,21). The van der Waals surface area contributed by atoms with Crippen molar-refractivity contribution in [2.45, 2.75) is 45.1 Å². The van der Waals surface area contributed by atoms with Crippen LogP contribution in [0.2, 0.25) is 0 Å². The van der Waals surface area contributed by atoms with Crippen molar-refractivity contribution in [3.63, 3.8) is 0 Å². The minimum atomic E-state index is -3.29. The Morgan fingerprint density at radius 3 is 2.64 bits per heavy atom. The molecule has 7 heteroatoms. The number of hydrogen-bond acceptors (Lipinski definition) is 4. The average molecular weight is 381 g/mol. The van der Waals surface area contributed by atoms with E-state index in [-0.39, 0.29) is 17.7 Å². The van der Waals surface area contributed by atoms with Crippen LogP contribution >= 0.6 is 11.3 Å². The molecule has 1 heterocycles. The monoisotopic (exact) mass is 380 g/mol. The predicted molar refractivity (Wildman–Crippen MR) is 104 cm³/mol. The van der Waals surface area contributed by atoms with Gasteiger partial charge in [-0.05, 0) is 49.4 Å². The summed E-state index contributed by atoms with van der Waals surface area (Å²) in [5.74, 6) is 0.0319. The summed E-state index contributed by atoms with van der Waals surface area (Å²) in [4.78, 5) is 13.2. The number of nitrogens with one attached hydrogen (secondary N) is 1. The fourth-order valence-corrected chi connectivity index (χ4v) is 4.96. The molecule has 5 nitrogen and oxygen atoms in total. The zero-order chi connectivity index (χ0) is 18.0. The van der Waals surface area contributed by atoms with Crippen LogP contribution in [-0.2, 0) is 10.0 Å². The van der Waals surface area contributed by atoms with Crippen LogP contribution in [0.25, 0.3) is 10.1 Å². The second-order valence-electron chi connectivity index (χ2n) is 6.51. The summed E-state index contributed by atoms with van der Waals surface area (Å²) in [5, 5.41) is 4.03. The van der Waals surface area contributed by atoms with Crippen molar-refractivity contribution >= 4 is 43.0 Å². The van der Waals surface area contributed by atoms with Crippen LogP contribution in [0.4, 0.5) is 5.69 Å². The Kier molecular flexibility index (Phi) is 5.34. The highest BCUT2D eigenvalue weighted by Crippen LogP contribution is 2.30. The third-order valence-corrected chi connectivity index (χ3v) is 7.70. The molecule has 1 aliphatic rings. The molecule has 0 unspecified atom stereocenters. The molecule has 0 aliphatic heterocycles. The van der Waals surface area contributed by atoms with E-state index in [1.54, 1.807) is 20.0 Å². The first-order chi connectivity index (χ1) is 11.9. The minimum absolute atomic E-state index is 0.0239. The molecule has 0 saturated heterocycles. The molecule has 1 aliphatic carbocycles. The van der Waals surface area contributed by atoms with Gasteiger partial charge in [-0.1, -0.05) is 19.3 Å². The van der Waals surface area contributed by atoms with Crippen LogP contribution in [0.1, 0.15) is 48.7 Å². The van der Waals surface area contributed by atoms with Crippen LogP contribution in [0.3, 0.4) is 0 Å². The maximum Gasteiger partial charge on any atom is 0.261 e. The fraction of sp³-hybridized carbons (Fsp3) is 0.500. The number of amides is 1. The Morgan fingerprint density at radius 1 is 1.24 bits per heavy atom. The highest BCUT2D eigenvalue weighted by molar-refractivity contribution is 7.92. The molecule has 1 aromatic carbocycles. The van der Waals surface area contributed by atoms with Crippen molar-refractivity contribution in [3.8, 4) is 0 Å². The lowest BCUT2D eigenvalue weighted by Gasteiger charge is -2.22. The molecular weight excluding hydrogens is 356 g/mol. The molecule has 2 aromatic rings. The summed E-state index contributed by atoms with van der Waals surface area (Å²) in [7, 11) is -1.73. The number of rotatable bonds is 5. The average Bonchev–Trinajstić information content (AvgIpc) is 3.05. The van der Waals surface area contributed by atoms with E-state index >= 15 is 0 Å². The molecule has 136 valence electrons. The van der Waals surface area contributed by atoms with Gasteiger partial charge in [0.1, 0.15) is 0 Å². The summed E-state index contributed by atoms with van der Waals surface area (Å²) >= 11 is 1.45. The summed E-state index contributed by atoms with van der Waals surface area (Å²) in [6.45, 7) is 1.63. The number of carbonyl (C=O) groups is 1. The molecule has 0 radical (unpaired) electrons. The fourth-order valence-electron chi connectivity index (χ4n) is 3.20. The second-order valence-corrected chi connectivity index (χ2v) is 9.88. The number of carbonyl (C=O) groups excluding carboxylic acids is 1. The molecule has 0 spiro atoms. The summed E-state index contributed by atoms with van der Waals surface area (Å²) in [5.41, 5.74) is 0.617. The summed E-state index contributed by atoms with van der Waals surface area (Å²) in [6.07, 6.45) is 5.73. The van der Waals surface area contributed by atoms with Crippen molar-refractivity contribution in [2.75, 3.05) is 17.1 Å². The Morgan fingerprint density at radius 2 is 1.96 bits per heavy atom. The van der Waals surface area contributed by atoms with Gasteiger partial charge in [-0.15, -0.1) is 11.3 Å². The van der Waals surface area contributed by atoms with Gasteiger partial charge in [0.2, 0.25) is 10.0 Å². The molecule has 1 amide bonds. The van der Waals surface area contributed by atoms with E-state index in [0.29, 0.717) is 10.6 Å². The van der Waals surface area contributed by atoms with Crippen molar-refractivity contribution < 1.29 is 13.2 Å². The molecule has 1 fully saturated rings. The van der Waals surface area contributed by atoms with E-state index in [1.165, 1.54) is 34.9 Å². The van der Waals surface area contributed by atoms with Crippen molar-refractivity contribution in [2.24, 2.45) is 0 Å². The van der Waals surface area contributed by atoms with Gasteiger partial charge in [0.25, 0.3) is 5.91 Å². The quantitative estimate of drug-likeness (QED) is 0.859. The second kappa shape index (κ2) is 7.33. The van der Waals surface area contributed by atoms with Crippen LogP contribution in [-0.4, -0.2) is 33.2 Å². The largest absolute Gasteiger partial charge is 0.349 e. The van der Waals surface area contributed by atoms with Gasteiger partial charge in [-0.25, -0.2) is 8.42 Å². The third kappa shape index (κ3) is 3.98. The first kappa shape index (κ1) is 18.2. The predicted octanol–water partition coefficient (Wildman–Crippen LogP) is 3.75. The van der Waals surface area contributed by atoms with Crippen LogP contribution in [0.5, 0.6) is 0 Å². The normalized spacial score (nSPS) is 16.1. The van der Waals surface area contributed by atoms with Gasteiger partial charge in [0.15, 0.2) is 0 Å². The van der Waals surface area contributed by atoms with Crippen LogP contribution < -0.4 is 9.62 Å². The van der Waals surface area contributed by atoms with Crippen molar-refractivity contribution in [3.05, 3.63) is 29.1 Å². The topological polar surface area (TPSA) is 66.5 Å². The number of anilines is 1. The molecular formula is C18H24N2O3S2. The van der Waals surface area contributed by atoms with Gasteiger partial charge >= 0.3 is 0 Å². The first-order valence-corrected chi connectivity index (χ1v) is 11.1. The number of sulfonamides is 1. The lowest BCUT2D eigenvalue weighted by atomic mass is 9.95. The van der Waals surface area contributed by atoms with Gasteiger partial charge < -0.3 is 5.32 Å². The van der Waals surface area contributed by atoms with Crippen LogP contribution in [0.15, 0.2) is 24.3 Å². The smallest absolute Gasteiger partial charge is 0.261 e. The van der Waals surface area contributed by atoms with E-state index < -0.39 is 10.0 Å². The highest BCUT2D eigenvalue weighted by atomic mass is 32.2. The zero-order valence-electron chi connectivity index (χ0n) is 14.6. The third-order valence-electron chi connectivity index (χ3n) is 4.81. The number of hydrogen-bond donors (Lipinski definition) is 1. The van der Waals surface area contributed by atoms with E-state index in [9.17, 15) is 13.2 Å². The lowest BCUT2D eigenvalue weighted by molar-refractivity contribution is 0.0932. The maximum atomic E-state index is 12.5. The Hall–Kier alpha value is -1.60. The van der Waals surface area contributed by atoms with Gasteiger partial charge in [0.05, 0.1) is 16.3 Å². The zero-order valence-corrected chi connectivity index (χ0v) is 16.3. The number of nitrogens with zero attached hydrogens (tertiary/aromatic N) is 1. The number of fused-ring (bicyclic) bond motifs is 1. The molecule has 1 aromatic heterocycles. The van der Waals surface area contributed by atoms with Gasteiger partial charge in [-0.2, -0.15) is 0 Å². The minimum Gasteiger partial charge on any atom is -0.349 e. The van der Waals surface area contributed by atoms with Crippen LogP contribution in [0, 0.1) is 0 Å². The molecule has 1 N–H and O–H groups in total. The van der Waals surface area contributed by atoms with E-state index in [0.717, 1.165) is 22.9 Å². The van der Waals surface area contributed by atoms with Crippen molar-refractivity contribution in [1.82, 2.24) is 5.32 Å². The molecule has 25 heavy (non-hydrogen) atoms. The summed E-state index contributed by atoms with van der Waals surface area (Å²) in [6, 6.07) is 7.64. The Bertz CT molecular complexity index is 868.